The zero-order chi connectivity index (χ0) is 10.9. The van der Waals surface area contributed by atoms with Crippen LogP contribution in [0.2, 0.25) is 0 Å². The van der Waals surface area contributed by atoms with E-state index in [0.717, 1.165) is 38.7 Å². The molecule has 1 unspecified atom stereocenters. The molecule has 2 fully saturated rings. The Kier molecular flexibility index (Phi) is 2.91. The molecular formula is C13H22O2. The molecule has 15 heavy (non-hydrogen) atoms. The SMILES string of the molecule is C=CC[C@]1(C)CCC2OCCC[C@@]2(C)O1. The Balaban J connectivity index is 2.10. The molecule has 0 spiro atoms. The molecule has 0 bridgehead atoms. The van der Waals surface area contributed by atoms with Crippen LogP contribution in [0.4, 0.5) is 0 Å². The van der Waals surface area contributed by atoms with Gasteiger partial charge < -0.3 is 9.47 Å². The molecule has 0 radical (unpaired) electrons. The van der Waals surface area contributed by atoms with Gasteiger partial charge in [-0.2, -0.15) is 0 Å². The van der Waals surface area contributed by atoms with Crippen LogP contribution < -0.4 is 0 Å². The van der Waals surface area contributed by atoms with Gasteiger partial charge in [-0.1, -0.05) is 6.08 Å². The standard InChI is InChI=1S/C13H22O2/c1-4-7-12(2)9-6-11-13(3,15-12)8-5-10-14-11/h4,11H,1,5-10H2,2-3H3/t11?,12-,13-/m1/s1. The maximum Gasteiger partial charge on any atom is 0.0923 e. The van der Waals surface area contributed by atoms with Gasteiger partial charge in [0.25, 0.3) is 0 Å². The van der Waals surface area contributed by atoms with E-state index in [2.05, 4.69) is 20.4 Å². The van der Waals surface area contributed by atoms with E-state index in [4.69, 9.17) is 9.47 Å². The van der Waals surface area contributed by atoms with Crippen LogP contribution in [-0.4, -0.2) is 23.9 Å². The highest BCUT2D eigenvalue weighted by atomic mass is 16.6. The molecule has 2 rings (SSSR count). The van der Waals surface area contributed by atoms with Crippen molar-refractivity contribution in [3.8, 4) is 0 Å². The first-order valence-corrected chi connectivity index (χ1v) is 6.01. The maximum absolute atomic E-state index is 6.31. The van der Waals surface area contributed by atoms with Crippen molar-refractivity contribution in [2.75, 3.05) is 6.61 Å². The molecule has 0 saturated carbocycles. The van der Waals surface area contributed by atoms with Crippen molar-refractivity contribution in [2.45, 2.75) is 63.3 Å². The molecule has 2 nitrogen and oxygen atoms in total. The van der Waals surface area contributed by atoms with E-state index >= 15 is 0 Å². The first kappa shape index (κ1) is 11.2. The van der Waals surface area contributed by atoms with Crippen molar-refractivity contribution in [3.63, 3.8) is 0 Å². The number of rotatable bonds is 2. The molecule has 0 N–H and O–H groups in total. The van der Waals surface area contributed by atoms with Gasteiger partial charge in [-0.15, -0.1) is 6.58 Å². The van der Waals surface area contributed by atoms with E-state index in [9.17, 15) is 0 Å². The van der Waals surface area contributed by atoms with Crippen LogP contribution in [0.1, 0.15) is 46.0 Å². The number of hydrogen-bond donors (Lipinski definition) is 0. The van der Waals surface area contributed by atoms with E-state index in [0.29, 0.717) is 6.10 Å². The zero-order valence-corrected chi connectivity index (χ0v) is 9.92. The highest BCUT2D eigenvalue weighted by Crippen LogP contribution is 2.43. The highest BCUT2D eigenvalue weighted by Gasteiger charge is 2.47. The van der Waals surface area contributed by atoms with Crippen molar-refractivity contribution in [3.05, 3.63) is 12.7 Å². The summed E-state index contributed by atoms with van der Waals surface area (Å²) in [5, 5.41) is 0. The van der Waals surface area contributed by atoms with E-state index < -0.39 is 0 Å². The van der Waals surface area contributed by atoms with Gasteiger partial charge in [-0.3, -0.25) is 0 Å². The fraction of sp³-hybridized carbons (Fsp3) is 0.846. The summed E-state index contributed by atoms with van der Waals surface area (Å²) in [6.45, 7) is 9.12. The first-order chi connectivity index (χ1) is 7.08. The van der Waals surface area contributed by atoms with Crippen LogP contribution in [0.15, 0.2) is 12.7 Å². The average molecular weight is 210 g/mol. The normalized spacial score (nSPS) is 45.9. The van der Waals surface area contributed by atoms with E-state index in [1.807, 2.05) is 6.08 Å². The predicted molar refractivity (Wildman–Crippen MR) is 60.9 cm³/mol. The second-order valence-electron chi connectivity index (χ2n) is 5.36. The van der Waals surface area contributed by atoms with Gasteiger partial charge >= 0.3 is 0 Å². The molecule has 2 aliphatic heterocycles. The number of hydrogen-bond acceptors (Lipinski definition) is 2. The summed E-state index contributed by atoms with van der Waals surface area (Å²) in [6.07, 6.45) is 7.67. The van der Waals surface area contributed by atoms with Crippen LogP contribution in [0.25, 0.3) is 0 Å². The van der Waals surface area contributed by atoms with Gasteiger partial charge in [0.15, 0.2) is 0 Å². The van der Waals surface area contributed by atoms with Crippen molar-refractivity contribution in [1.29, 1.82) is 0 Å². The minimum absolute atomic E-state index is 0.0201. The highest BCUT2D eigenvalue weighted by molar-refractivity contribution is 4.99. The molecule has 0 aliphatic carbocycles. The number of fused-ring (bicyclic) bond motifs is 1. The quantitative estimate of drug-likeness (QED) is 0.652. The van der Waals surface area contributed by atoms with Gasteiger partial charge in [0.2, 0.25) is 0 Å². The van der Waals surface area contributed by atoms with Crippen LogP contribution in [0.3, 0.4) is 0 Å². The molecule has 0 aromatic rings. The summed E-state index contributed by atoms with van der Waals surface area (Å²) in [5.74, 6) is 0. The summed E-state index contributed by atoms with van der Waals surface area (Å²) < 4.78 is 12.1. The van der Waals surface area contributed by atoms with E-state index in [1.165, 1.54) is 0 Å². The lowest BCUT2D eigenvalue weighted by molar-refractivity contribution is -0.252. The van der Waals surface area contributed by atoms with Crippen LogP contribution in [0.5, 0.6) is 0 Å². The molecule has 2 saturated heterocycles. The molecule has 2 heteroatoms. The third-order valence-electron chi connectivity index (χ3n) is 3.81. The van der Waals surface area contributed by atoms with Crippen LogP contribution in [0, 0.1) is 0 Å². The molecule has 0 aromatic carbocycles. The van der Waals surface area contributed by atoms with E-state index in [-0.39, 0.29) is 11.2 Å². The lowest BCUT2D eigenvalue weighted by Crippen LogP contribution is -2.56. The van der Waals surface area contributed by atoms with Crippen molar-refractivity contribution in [2.24, 2.45) is 0 Å². The molecule has 2 heterocycles. The molecule has 0 aromatic heterocycles. The van der Waals surface area contributed by atoms with Gasteiger partial charge in [0.1, 0.15) is 0 Å². The van der Waals surface area contributed by atoms with Crippen molar-refractivity contribution < 1.29 is 9.47 Å². The van der Waals surface area contributed by atoms with Gasteiger partial charge in [-0.05, 0) is 46.0 Å². The lowest BCUT2D eigenvalue weighted by Gasteiger charge is -2.51. The Bertz CT molecular complexity index is 251. The molecular weight excluding hydrogens is 188 g/mol. The summed E-state index contributed by atoms with van der Waals surface area (Å²) in [7, 11) is 0. The fourth-order valence-electron chi connectivity index (χ4n) is 2.99. The van der Waals surface area contributed by atoms with E-state index in [1.54, 1.807) is 0 Å². The second kappa shape index (κ2) is 3.91. The summed E-state index contributed by atoms with van der Waals surface area (Å²) in [4.78, 5) is 0. The topological polar surface area (TPSA) is 18.5 Å². The Hall–Kier alpha value is -0.340. The third kappa shape index (κ3) is 2.11. The molecule has 2 aliphatic rings. The molecule has 0 amide bonds. The molecule has 86 valence electrons. The minimum Gasteiger partial charge on any atom is -0.375 e. The third-order valence-corrected chi connectivity index (χ3v) is 3.81. The Morgan fingerprint density at radius 3 is 2.93 bits per heavy atom. The summed E-state index contributed by atoms with van der Waals surface area (Å²) in [5.41, 5.74) is -0.0814. The Morgan fingerprint density at radius 1 is 1.40 bits per heavy atom. The Morgan fingerprint density at radius 2 is 2.20 bits per heavy atom. The van der Waals surface area contributed by atoms with Gasteiger partial charge in [0, 0.05) is 6.61 Å². The van der Waals surface area contributed by atoms with Gasteiger partial charge in [-0.25, -0.2) is 0 Å². The second-order valence-corrected chi connectivity index (χ2v) is 5.36. The largest absolute Gasteiger partial charge is 0.375 e. The number of ether oxygens (including phenoxy) is 2. The monoisotopic (exact) mass is 210 g/mol. The fourth-order valence-corrected chi connectivity index (χ4v) is 2.99. The summed E-state index contributed by atoms with van der Waals surface area (Å²) in [6, 6.07) is 0. The van der Waals surface area contributed by atoms with Crippen molar-refractivity contribution in [1.82, 2.24) is 0 Å². The predicted octanol–water partition coefficient (Wildman–Crippen LogP) is 3.07. The zero-order valence-electron chi connectivity index (χ0n) is 9.92. The summed E-state index contributed by atoms with van der Waals surface area (Å²) >= 11 is 0. The van der Waals surface area contributed by atoms with Crippen LogP contribution in [-0.2, 0) is 9.47 Å². The van der Waals surface area contributed by atoms with Gasteiger partial charge in [0.05, 0.1) is 17.3 Å². The smallest absolute Gasteiger partial charge is 0.0923 e. The lowest BCUT2D eigenvalue weighted by atomic mass is 9.79. The maximum atomic E-state index is 6.31. The van der Waals surface area contributed by atoms with Crippen LogP contribution >= 0.6 is 0 Å². The van der Waals surface area contributed by atoms with Crippen molar-refractivity contribution >= 4 is 0 Å². The minimum atomic E-state index is -0.0613. The molecule has 3 atom stereocenters. The average Bonchev–Trinajstić information content (AvgIpc) is 2.16. The Labute approximate surface area is 92.6 Å². The first-order valence-electron chi connectivity index (χ1n) is 6.01.